The fourth-order valence-electron chi connectivity index (χ4n) is 1.40. The molecule has 94 valence electrons. The van der Waals surface area contributed by atoms with Crippen molar-refractivity contribution in [3.8, 4) is 11.5 Å². The fraction of sp³-hybridized carbons (Fsp3) is 0.0769. The van der Waals surface area contributed by atoms with E-state index in [-0.39, 0.29) is 5.82 Å². The Morgan fingerprint density at radius 3 is 2.61 bits per heavy atom. The Balaban J connectivity index is 2.33. The maximum Gasteiger partial charge on any atom is 0.137 e. The molecule has 0 aliphatic carbocycles. The minimum Gasteiger partial charge on any atom is -0.457 e. The number of hydrogen-bond acceptors (Lipinski definition) is 1. The van der Waals surface area contributed by atoms with Gasteiger partial charge >= 0.3 is 0 Å². The summed E-state index contributed by atoms with van der Waals surface area (Å²) in [6.45, 7) is 0. The lowest BCUT2D eigenvalue weighted by atomic mass is 10.2. The molecule has 0 bridgehead atoms. The van der Waals surface area contributed by atoms with E-state index in [9.17, 15) is 4.39 Å². The zero-order valence-corrected chi connectivity index (χ0v) is 12.2. The first-order valence-corrected chi connectivity index (χ1v) is 6.78. The number of alkyl halides is 1. The van der Waals surface area contributed by atoms with E-state index in [1.807, 2.05) is 0 Å². The molecule has 18 heavy (non-hydrogen) atoms. The standard InChI is InChI=1S/C13H8BrCl2FO/c14-11-6-10(3-4-12(11)17)18-13-5-9(16)2-1-8(13)7-15/h1-6H,7H2. The van der Waals surface area contributed by atoms with Crippen LogP contribution in [0.3, 0.4) is 0 Å². The fourth-order valence-corrected chi connectivity index (χ4v) is 2.14. The van der Waals surface area contributed by atoms with Gasteiger partial charge in [-0.2, -0.15) is 0 Å². The van der Waals surface area contributed by atoms with Gasteiger partial charge in [0.1, 0.15) is 17.3 Å². The Labute approximate surface area is 123 Å². The summed E-state index contributed by atoms with van der Waals surface area (Å²) in [5, 5.41) is 0.556. The van der Waals surface area contributed by atoms with Crippen LogP contribution in [0.15, 0.2) is 40.9 Å². The van der Waals surface area contributed by atoms with Crippen molar-refractivity contribution in [3.63, 3.8) is 0 Å². The van der Waals surface area contributed by atoms with Crippen LogP contribution >= 0.6 is 39.1 Å². The van der Waals surface area contributed by atoms with Gasteiger partial charge in [-0.1, -0.05) is 17.7 Å². The lowest BCUT2D eigenvalue weighted by Crippen LogP contribution is -1.90. The van der Waals surface area contributed by atoms with E-state index >= 15 is 0 Å². The van der Waals surface area contributed by atoms with Gasteiger partial charge in [-0.25, -0.2) is 4.39 Å². The highest BCUT2D eigenvalue weighted by atomic mass is 79.9. The van der Waals surface area contributed by atoms with Gasteiger partial charge in [0.25, 0.3) is 0 Å². The highest BCUT2D eigenvalue weighted by Crippen LogP contribution is 2.31. The molecular weight excluding hydrogens is 342 g/mol. The van der Waals surface area contributed by atoms with Crippen molar-refractivity contribution in [1.29, 1.82) is 0 Å². The maximum absolute atomic E-state index is 13.1. The predicted molar refractivity (Wildman–Crippen MR) is 75.2 cm³/mol. The van der Waals surface area contributed by atoms with Gasteiger partial charge in [-0.05, 0) is 46.3 Å². The van der Waals surface area contributed by atoms with E-state index in [1.54, 1.807) is 30.3 Å². The molecule has 0 unspecified atom stereocenters. The van der Waals surface area contributed by atoms with Crippen LogP contribution in [0, 0.1) is 5.82 Å². The van der Waals surface area contributed by atoms with Gasteiger partial charge in [0.15, 0.2) is 0 Å². The van der Waals surface area contributed by atoms with Gasteiger partial charge < -0.3 is 4.74 Å². The molecule has 5 heteroatoms. The van der Waals surface area contributed by atoms with Crippen LogP contribution in [0.5, 0.6) is 11.5 Å². The van der Waals surface area contributed by atoms with Gasteiger partial charge in [-0.15, -0.1) is 11.6 Å². The molecule has 0 heterocycles. The Hall–Kier alpha value is -0.770. The minimum absolute atomic E-state index is 0.314. The van der Waals surface area contributed by atoms with E-state index in [2.05, 4.69) is 15.9 Å². The third-order valence-electron chi connectivity index (χ3n) is 2.29. The SMILES string of the molecule is Fc1ccc(Oc2cc(Cl)ccc2CCl)cc1Br. The minimum atomic E-state index is -0.342. The Bertz CT molecular complexity index is 575. The largest absolute Gasteiger partial charge is 0.457 e. The molecule has 1 nitrogen and oxygen atoms in total. The first kappa shape index (κ1) is 13.7. The average Bonchev–Trinajstić information content (AvgIpc) is 2.34. The third-order valence-corrected chi connectivity index (χ3v) is 3.42. The number of ether oxygens (including phenoxy) is 1. The second-order valence-electron chi connectivity index (χ2n) is 3.56. The molecule has 2 aromatic carbocycles. The second kappa shape index (κ2) is 5.91. The molecule has 0 N–H and O–H groups in total. The van der Waals surface area contributed by atoms with Gasteiger partial charge in [0.2, 0.25) is 0 Å². The van der Waals surface area contributed by atoms with E-state index in [1.165, 1.54) is 6.07 Å². The molecule has 0 fully saturated rings. The van der Waals surface area contributed by atoms with Crippen LogP contribution in [0.4, 0.5) is 4.39 Å². The normalized spacial score (nSPS) is 10.4. The van der Waals surface area contributed by atoms with Gasteiger partial charge in [0.05, 0.1) is 10.4 Å². The van der Waals surface area contributed by atoms with Crippen LogP contribution < -0.4 is 4.74 Å². The molecule has 0 atom stereocenters. The highest BCUT2D eigenvalue weighted by Gasteiger charge is 2.07. The molecule has 0 saturated heterocycles. The van der Waals surface area contributed by atoms with Crippen molar-refractivity contribution in [2.45, 2.75) is 5.88 Å². The predicted octanol–water partition coefficient (Wildman–Crippen LogP) is 5.77. The van der Waals surface area contributed by atoms with Gasteiger partial charge in [-0.3, -0.25) is 0 Å². The molecule has 0 amide bonds. The van der Waals surface area contributed by atoms with Gasteiger partial charge in [0, 0.05) is 10.6 Å². The summed E-state index contributed by atoms with van der Waals surface area (Å²) in [6, 6.07) is 9.63. The molecule has 0 aliphatic rings. The summed E-state index contributed by atoms with van der Waals surface area (Å²) >= 11 is 14.8. The molecule has 0 radical (unpaired) electrons. The van der Waals surface area contributed by atoms with E-state index in [0.717, 1.165) is 5.56 Å². The van der Waals surface area contributed by atoms with Crippen molar-refractivity contribution < 1.29 is 9.13 Å². The molecule has 0 aliphatic heterocycles. The Morgan fingerprint density at radius 2 is 1.94 bits per heavy atom. The van der Waals surface area contributed by atoms with E-state index in [4.69, 9.17) is 27.9 Å². The maximum atomic E-state index is 13.1. The number of halogens is 4. The monoisotopic (exact) mass is 348 g/mol. The van der Waals surface area contributed by atoms with Crippen LogP contribution in [0.1, 0.15) is 5.56 Å². The zero-order valence-electron chi connectivity index (χ0n) is 9.09. The van der Waals surface area contributed by atoms with Crippen LogP contribution in [0.2, 0.25) is 5.02 Å². The second-order valence-corrected chi connectivity index (χ2v) is 5.12. The Kier molecular flexibility index (Phi) is 4.49. The highest BCUT2D eigenvalue weighted by molar-refractivity contribution is 9.10. The molecule has 0 aromatic heterocycles. The Morgan fingerprint density at radius 1 is 1.17 bits per heavy atom. The van der Waals surface area contributed by atoms with Crippen molar-refractivity contribution in [1.82, 2.24) is 0 Å². The van der Waals surface area contributed by atoms with Crippen LogP contribution in [0.25, 0.3) is 0 Å². The van der Waals surface area contributed by atoms with E-state index < -0.39 is 0 Å². The number of hydrogen-bond donors (Lipinski definition) is 0. The molecule has 2 aromatic rings. The summed E-state index contributed by atoms with van der Waals surface area (Å²) in [5.41, 5.74) is 0.821. The zero-order chi connectivity index (χ0) is 13.1. The summed E-state index contributed by atoms with van der Waals surface area (Å²) in [5.74, 6) is 1.05. The summed E-state index contributed by atoms with van der Waals surface area (Å²) in [4.78, 5) is 0. The summed E-state index contributed by atoms with van der Waals surface area (Å²) < 4.78 is 19.1. The van der Waals surface area contributed by atoms with Crippen molar-refractivity contribution >= 4 is 39.1 Å². The lowest BCUT2D eigenvalue weighted by molar-refractivity contribution is 0.475. The van der Waals surface area contributed by atoms with Crippen LogP contribution in [-0.2, 0) is 5.88 Å². The van der Waals surface area contributed by atoms with Crippen molar-refractivity contribution in [2.24, 2.45) is 0 Å². The quantitative estimate of drug-likeness (QED) is 0.639. The van der Waals surface area contributed by atoms with Crippen molar-refractivity contribution in [2.75, 3.05) is 0 Å². The topological polar surface area (TPSA) is 9.23 Å². The van der Waals surface area contributed by atoms with E-state index in [0.29, 0.717) is 26.9 Å². The first-order valence-electron chi connectivity index (χ1n) is 5.07. The average molecular weight is 350 g/mol. The van der Waals surface area contributed by atoms with Crippen molar-refractivity contribution in [3.05, 3.63) is 57.3 Å². The lowest BCUT2D eigenvalue weighted by Gasteiger charge is -2.10. The molecule has 0 spiro atoms. The van der Waals surface area contributed by atoms with Crippen LogP contribution in [-0.4, -0.2) is 0 Å². The summed E-state index contributed by atoms with van der Waals surface area (Å²) in [7, 11) is 0. The number of rotatable bonds is 3. The summed E-state index contributed by atoms with van der Waals surface area (Å²) in [6.07, 6.45) is 0. The molecular formula is C13H8BrCl2FO. The third kappa shape index (κ3) is 3.16. The smallest absolute Gasteiger partial charge is 0.137 e. The molecule has 2 rings (SSSR count). The molecule has 0 saturated carbocycles. The first-order chi connectivity index (χ1) is 8.60. The number of benzene rings is 2.